The summed E-state index contributed by atoms with van der Waals surface area (Å²) in [5.41, 5.74) is 4.85. The zero-order valence-electron chi connectivity index (χ0n) is 14.4. The molecule has 0 aliphatic carbocycles. The number of hydrogen-bond donors (Lipinski definition) is 1. The van der Waals surface area contributed by atoms with Crippen LogP contribution in [0.2, 0.25) is 5.02 Å². The summed E-state index contributed by atoms with van der Waals surface area (Å²) in [5, 5.41) is 11.1. The van der Waals surface area contributed by atoms with Crippen molar-refractivity contribution in [2.75, 3.05) is 37.6 Å². The third kappa shape index (κ3) is 4.10. The monoisotopic (exact) mass is 344 g/mol. The van der Waals surface area contributed by atoms with Crippen molar-refractivity contribution in [3.8, 4) is 0 Å². The van der Waals surface area contributed by atoms with E-state index in [-0.39, 0.29) is 0 Å². The van der Waals surface area contributed by atoms with Crippen molar-refractivity contribution in [2.45, 2.75) is 20.0 Å². The van der Waals surface area contributed by atoms with E-state index in [1.807, 2.05) is 24.3 Å². The van der Waals surface area contributed by atoms with Gasteiger partial charge in [-0.05, 0) is 48.7 Å². The van der Waals surface area contributed by atoms with E-state index in [0.717, 1.165) is 31.7 Å². The quantitative estimate of drug-likeness (QED) is 0.913. The molecule has 2 aromatic rings. The lowest BCUT2D eigenvalue weighted by Gasteiger charge is -2.37. The van der Waals surface area contributed by atoms with Crippen LogP contribution in [0.1, 0.15) is 22.8 Å². The van der Waals surface area contributed by atoms with E-state index in [9.17, 15) is 5.11 Å². The molecule has 1 unspecified atom stereocenters. The molecule has 1 aliphatic rings. The Balaban J connectivity index is 1.58. The SMILES string of the molecule is Cc1ccc(C)c(N2CCN(CC(O)c3cccc(Cl)c3)CC2)c1. The van der Waals surface area contributed by atoms with E-state index in [4.69, 9.17) is 11.6 Å². The highest BCUT2D eigenvalue weighted by atomic mass is 35.5. The highest BCUT2D eigenvalue weighted by molar-refractivity contribution is 6.30. The van der Waals surface area contributed by atoms with Gasteiger partial charge in [0.25, 0.3) is 0 Å². The molecule has 1 aliphatic heterocycles. The number of halogens is 1. The van der Waals surface area contributed by atoms with Crippen molar-refractivity contribution in [3.63, 3.8) is 0 Å². The molecule has 3 rings (SSSR count). The second-order valence-corrected chi connectivity index (χ2v) is 7.08. The van der Waals surface area contributed by atoms with E-state index in [0.29, 0.717) is 11.6 Å². The van der Waals surface area contributed by atoms with Gasteiger partial charge in [0, 0.05) is 43.4 Å². The highest BCUT2D eigenvalue weighted by Crippen LogP contribution is 2.24. The molecule has 128 valence electrons. The minimum atomic E-state index is -0.490. The lowest BCUT2D eigenvalue weighted by molar-refractivity contribution is 0.109. The molecule has 1 heterocycles. The second kappa shape index (κ2) is 7.56. The molecule has 1 fully saturated rings. The number of nitrogens with zero attached hydrogens (tertiary/aromatic N) is 2. The number of benzene rings is 2. The fourth-order valence-corrected chi connectivity index (χ4v) is 3.49. The van der Waals surface area contributed by atoms with Gasteiger partial charge >= 0.3 is 0 Å². The Hall–Kier alpha value is -1.55. The number of aliphatic hydroxyl groups is 1. The van der Waals surface area contributed by atoms with Crippen LogP contribution < -0.4 is 4.90 Å². The Bertz CT molecular complexity index is 696. The van der Waals surface area contributed by atoms with E-state index in [1.54, 1.807) is 0 Å². The average molecular weight is 345 g/mol. The lowest BCUT2D eigenvalue weighted by Crippen LogP contribution is -2.47. The molecular formula is C20H25ClN2O. The summed E-state index contributed by atoms with van der Waals surface area (Å²) >= 11 is 6.01. The normalized spacial score (nSPS) is 17.1. The number of hydrogen-bond acceptors (Lipinski definition) is 3. The van der Waals surface area contributed by atoms with Crippen molar-refractivity contribution in [2.24, 2.45) is 0 Å². The molecule has 0 radical (unpaired) electrons. The molecule has 1 saturated heterocycles. The third-order valence-corrected chi connectivity index (χ3v) is 4.98. The van der Waals surface area contributed by atoms with Crippen molar-refractivity contribution >= 4 is 17.3 Å². The Labute approximate surface area is 149 Å². The van der Waals surface area contributed by atoms with Crippen molar-refractivity contribution < 1.29 is 5.11 Å². The van der Waals surface area contributed by atoms with Crippen LogP contribution in [0, 0.1) is 13.8 Å². The smallest absolute Gasteiger partial charge is 0.0917 e. The average Bonchev–Trinajstić information content (AvgIpc) is 2.58. The summed E-state index contributed by atoms with van der Waals surface area (Å²) in [7, 11) is 0. The minimum absolute atomic E-state index is 0.490. The van der Waals surface area contributed by atoms with Gasteiger partial charge in [0.2, 0.25) is 0 Å². The number of β-amino-alcohol motifs (C(OH)–C–C–N with tert-alkyl or cyclic N) is 1. The third-order valence-electron chi connectivity index (χ3n) is 4.74. The van der Waals surface area contributed by atoms with Gasteiger partial charge in [-0.15, -0.1) is 0 Å². The van der Waals surface area contributed by atoms with Crippen LogP contribution in [0.25, 0.3) is 0 Å². The summed E-state index contributed by atoms with van der Waals surface area (Å²) in [6, 6.07) is 14.1. The van der Waals surface area contributed by atoms with Gasteiger partial charge in [0.05, 0.1) is 6.10 Å². The molecule has 4 heteroatoms. The predicted octanol–water partition coefficient (Wildman–Crippen LogP) is 3.81. The number of rotatable bonds is 4. The van der Waals surface area contributed by atoms with Crippen LogP contribution in [-0.4, -0.2) is 42.7 Å². The number of aryl methyl sites for hydroxylation is 2. The largest absolute Gasteiger partial charge is 0.387 e. The first-order valence-corrected chi connectivity index (χ1v) is 8.89. The first kappa shape index (κ1) is 17.3. The molecule has 1 N–H and O–H groups in total. The lowest BCUT2D eigenvalue weighted by atomic mass is 10.1. The fraction of sp³-hybridized carbons (Fsp3) is 0.400. The zero-order valence-corrected chi connectivity index (χ0v) is 15.1. The molecule has 0 amide bonds. The summed E-state index contributed by atoms with van der Waals surface area (Å²) in [6.45, 7) is 8.88. The predicted molar refractivity (Wildman–Crippen MR) is 101 cm³/mol. The molecule has 1 atom stereocenters. The summed E-state index contributed by atoms with van der Waals surface area (Å²) in [5.74, 6) is 0. The van der Waals surface area contributed by atoms with Gasteiger partial charge in [-0.25, -0.2) is 0 Å². The first-order valence-electron chi connectivity index (χ1n) is 8.51. The topological polar surface area (TPSA) is 26.7 Å². The van der Waals surface area contributed by atoms with Gasteiger partial charge in [0.1, 0.15) is 0 Å². The number of aliphatic hydroxyl groups excluding tert-OH is 1. The summed E-state index contributed by atoms with van der Waals surface area (Å²) in [4.78, 5) is 4.78. The first-order chi connectivity index (χ1) is 11.5. The van der Waals surface area contributed by atoms with Gasteiger partial charge in [-0.2, -0.15) is 0 Å². The Kier molecular flexibility index (Phi) is 5.44. The van der Waals surface area contributed by atoms with Crippen molar-refractivity contribution in [3.05, 3.63) is 64.2 Å². The second-order valence-electron chi connectivity index (χ2n) is 6.65. The molecule has 3 nitrogen and oxygen atoms in total. The van der Waals surface area contributed by atoms with E-state index >= 15 is 0 Å². The summed E-state index contributed by atoms with van der Waals surface area (Å²) < 4.78 is 0. The Morgan fingerprint density at radius 1 is 1.04 bits per heavy atom. The van der Waals surface area contributed by atoms with E-state index in [2.05, 4.69) is 41.8 Å². The van der Waals surface area contributed by atoms with Crippen LogP contribution in [0.3, 0.4) is 0 Å². The molecule has 0 spiro atoms. The summed E-state index contributed by atoms with van der Waals surface area (Å²) in [6.07, 6.45) is -0.490. The van der Waals surface area contributed by atoms with Crippen LogP contribution >= 0.6 is 11.6 Å². The zero-order chi connectivity index (χ0) is 17.1. The molecule has 0 bridgehead atoms. The van der Waals surface area contributed by atoms with Crippen LogP contribution in [-0.2, 0) is 0 Å². The van der Waals surface area contributed by atoms with Crippen molar-refractivity contribution in [1.29, 1.82) is 0 Å². The van der Waals surface area contributed by atoms with E-state index < -0.39 is 6.10 Å². The number of anilines is 1. The Morgan fingerprint density at radius 3 is 2.50 bits per heavy atom. The maximum absolute atomic E-state index is 10.4. The van der Waals surface area contributed by atoms with Gasteiger partial charge in [0.15, 0.2) is 0 Å². The van der Waals surface area contributed by atoms with Crippen molar-refractivity contribution in [1.82, 2.24) is 4.90 Å². The Morgan fingerprint density at radius 2 is 1.79 bits per heavy atom. The molecule has 0 aromatic heterocycles. The van der Waals surface area contributed by atoms with Gasteiger partial charge in [-0.1, -0.05) is 35.9 Å². The van der Waals surface area contributed by atoms with Crippen LogP contribution in [0.4, 0.5) is 5.69 Å². The van der Waals surface area contributed by atoms with Crippen LogP contribution in [0.15, 0.2) is 42.5 Å². The molecule has 2 aromatic carbocycles. The maximum atomic E-state index is 10.4. The molecule has 24 heavy (non-hydrogen) atoms. The standard InChI is InChI=1S/C20H25ClN2O/c1-15-6-7-16(2)19(12-15)23-10-8-22(9-11-23)14-20(24)17-4-3-5-18(21)13-17/h3-7,12-13,20,24H,8-11,14H2,1-2H3. The molecule has 0 saturated carbocycles. The number of piperazine rings is 1. The van der Waals surface area contributed by atoms with Gasteiger partial charge in [-0.3, -0.25) is 4.90 Å². The van der Waals surface area contributed by atoms with Crippen LogP contribution in [0.5, 0.6) is 0 Å². The maximum Gasteiger partial charge on any atom is 0.0917 e. The van der Waals surface area contributed by atoms with Gasteiger partial charge < -0.3 is 10.0 Å². The highest BCUT2D eigenvalue weighted by Gasteiger charge is 2.21. The van der Waals surface area contributed by atoms with E-state index in [1.165, 1.54) is 16.8 Å². The molecular weight excluding hydrogens is 320 g/mol. The fourth-order valence-electron chi connectivity index (χ4n) is 3.30. The minimum Gasteiger partial charge on any atom is -0.387 e.